The molecule has 16 heavy (non-hydrogen) atoms. The zero-order valence-electron chi connectivity index (χ0n) is 7.84. The SMILES string of the molecule is NNC(c1cc(Cl)sc1Cl)c1occc1Br. The molecule has 0 radical (unpaired) electrons. The number of hydrogen-bond donors (Lipinski definition) is 2. The number of furan rings is 1. The molecule has 2 heterocycles. The molecule has 0 fully saturated rings. The Labute approximate surface area is 115 Å². The van der Waals surface area contributed by atoms with Gasteiger partial charge in [-0.1, -0.05) is 23.2 Å². The third kappa shape index (κ3) is 2.30. The van der Waals surface area contributed by atoms with Crippen molar-refractivity contribution in [3.63, 3.8) is 0 Å². The Hall–Kier alpha value is -0.0400. The molecule has 0 aliphatic rings. The number of halogens is 3. The summed E-state index contributed by atoms with van der Waals surface area (Å²) in [5, 5.41) is 0. The Morgan fingerprint density at radius 2 is 2.25 bits per heavy atom. The lowest BCUT2D eigenvalue weighted by Crippen LogP contribution is -2.28. The first kappa shape index (κ1) is 12.4. The minimum Gasteiger partial charge on any atom is -0.466 e. The van der Waals surface area contributed by atoms with Gasteiger partial charge in [0.05, 0.1) is 19.4 Å². The van der Waals surface area contributed by atoms with Gasteiger partial charge in [0.15, 0.2) is 0 Å². The number of hydrogen-bond acceptors (Lipinski definition) is 4. The fraction of sp³-hybridized carbons (Fsp3) is 0.111. The zero-order valence-corrected chi connectivity index (χ0v) is 11.8. The fourth-order valence-corrected chi connectivity index (χ4v) is 3.33. The molecular formula is C9H7BrCl2N2OS. The summed E-state index contributed by atoms with van der Waals surface area (Å²) in [5.74, 6) is 6.18. The van der Waals surface area contributed by atoms with Crippen LogP contribution in [-0.4, -0.2) is 0 Å². The Morgan fingerprint density at radius 3 is 2.69 bits per heavy atom. The van der Waals surface area contributed by atoms with Gasteiger partial charge in [0.25, 0.3) is 0 Å². The van der Waals surface area contributed by atoms with Crippen molar-refractivity contribution in [3.05, 3.63) is 42.9 Å². The van der Waals surface area contributed by atoms with Gasteiger partial charge < -0.3 is 4.42 Å². The number of nitrogens with one attached hydrogen (secondary N) is 1. The second-order valence-corrected chi connectivity index (χ2v) is 6.15. The first-order chi connectivity index (χ1) is 7.63. The van der Waals surface area contributed by atoms with E-state index in [0.717, 1.165) is 10.0 Å². The molecule has 1 unspecified atom stereocenters. The van der Waals surface area contributed by atoms with Crippen molar-refractivity contribution < 1.29 is 4.42 Å². The van der Waals surface area contributed by atoms with Gasteiger partial charge in [-0.3, -0.25) is 5.84 Å². The van der Waals surface area contributed by atoms with Crippen molar-refractivity contribution in [1.82, 2.24) is 5.43 Å². The molecule has 0 aromatic carbocycles. The molecule has 0 saturated carbocycles. The summed E-state index contributed by atoms with van der Waals surface area (Å²) < 4.78 is 7.38. The van der Waals surface area contributed by atoms with E-state index in [1.807, 2.05) is 0 Å². The van der Waals surface area contributed by atoms with E-state index in [4.69, 9.17) is 33.5 Å². The molecule has 0 aliphatic heterocycles. The normalized spacial score (nSPS) is 13.0. The number of hydrazine groups is 1. The van der Waals surface area contributed by atoms with Crippen LogP contribution in [0.15, 0.2) is 27.3 Å². The van der Waals surface area contributed by atoms with Crippen molar-refractivity contribution in [1.29, 1.82) is 0 Å². The minimum absolute atomic E-state index is 0.319. The Morgan fingerprint density at radius 1 is 1.50 bits per heavy atom. The fourth-order valence-electron chi connectivity index (χ4n) is 1.37. The average molecular weight is 342 g/mol. The Kier molecular flexibility index (Phi) is 3.94. The van der Waals surface area contributed by atoms with Crippen LogP contribution in [0, 0.1) is 0 Å². The van der Waals surface area contributed by atoms with Crippen LogP contribution in [-0.2, 0) is 0 Å². The van der Waals surface area contributed by atoms with Crippen LogP contribution in [0.5, 0.6) is 0 Å². The predicted molar refractivity (Wildman–Crippen MR) is 69.9 cm³/mol. The van der Waals surface area contributed by atoms with Crippen molar-refractivity contribution in [2.45, 2.75) is 6.04 Å². The van der Waals surface area contributed by atoms with Gasteiger partial charge in [-0.2, -0.15) is 0 Å². The highest BCUT2D eigenvalue weighted by molar-refractivity contribution is 9.10. The lowest BCUT2D eigenvalue weighted by atomic mass is 10.1. The van der Waals surface area contributed by atoms with Crippen LogP contribution in [0.4, 0.5) is 0 Å². The van der Waals surface area contributed by atoms with Crippen molar-refractivity contribution >= 4 is 50.5 Å². The molecule has 1 atom stereocenters. The van der Waals surface area contributed by atoms with Gasteiger partial charge in [0.2, 0.25) is 0 Å². The molecule has 2 aromatic heterocycles. The summed E-state index contributed by atoms with van der Waals surface area (Å²) in [6.45, 7) is 0. The van der Waals surface area contributed by atoms with E-state index in [-0.39, 0.29) is 6.04 Å². The molecule has 7 heteroatoms. The summed E-state index contributed by atoms with van der Waals surface area (Å²) in [7, 11) is 0. The standard InChI is InChI=1S/C9H7BrCl2N2OS/c10-5-1-2-15-8(5)7(14-13)4-3-6(11)16-9(4)12/h1-3,7,14H,13H2. The van der Waals surface area contributed by atoms with Gasteiger partial charge in [-0.15, -0.1) is 11.3 Å². The van der Waals surface area contributed by atoms with Crippen LogP contribution >= 0.6 is 50.5 Å². The quantitative estimate of drug-likeness (QED) is 0.656. The van der Waals surface area contributed by atoms with Gasteiger partial charge in [0, 0.05) is 5.56 Å². The highest BCUT2D eigenvalue weighted by atomic mass is 79.9. The van der Waals surface area contributed by atoms with Gasteiger partial charge in [-0.25, -0.2) is 5.43 Å². The molecule has 3 N–H and O–H groups in total. The van der Waals surface area contributed by atoms with Crippen molar-refractivity contribution in [2.75, 3.05) is 0 Å². The van der Waals surface area contributed by atoms with Gasteiger partial charge >= 0.3 is 0 Å². The van der Waals surface area contributed by atoms with Crippen molar-refractivity contribution in [3.8, 4) is 0 Å². The van der Waals surface area contributed by atoms with E-state index in [1.54, 1.807) is 18.4 Å². The molecule has 0 spiro atoms. The van der Waals surface area contributed by atoms with E-state index in [0.29, 0.717) is 14.4 Å². The van der Waals surface area contributed by atoms with E-state index < -0.39 is 0 Å². The second-order valence-electron chi connectivity index (χ2n) is 3.01. The molecular weight excluding hydrogens is 335 g/mol. The highest BCUT2D eigenvalue weighted by Gasteiger charge is 2.23. The first-order valence-corrected chi connectivity index (χ1v) is 6.63. The summed E-state index contributed by atoms with van der Waals surface area (Å²) in [6.07, 6.45) is 1.58. The molecule has 2 aromatic rings. The Balaban J connectivity index is 2.44. The van der Waals surface area contributed by atoms with E-state index >= 15 is 0 Å². The highest BCUT2D eigenvalue weighted by Crippen LogP contribution is 2.39. The van der Waals surface area contributed by atoms with Gasteiger partial charge in [-0.05, 0) is 28.1 Å². The summed E-state index contributed by atoms with van der Waals surface area (Å²) in [6, 6.07) is 3.25. The summed E-state index contributed by atoms with van der Waals surface area (Å²) in [5.41, 5.74) is 3.46. The smallest absolute Gasteiger partial charge is 0.140 e. The minimum atomic E-state index is -0.319. The lowest BCUT2D eigenvalue weighted by Gasteiger charge is -2.13. The van der Waals surface area contributed by atoms with E-state index in [1.165, 1.54) is 11.3 Å². The van der Waals surface area contributed by atoms with Crippen LogP contribution in [0.25, 0.3) is 0 Å². The maximum absolute atomic E-state index is 6.07. The summed E-state index contributed by atoms with van der Waals surface area (Å²) >= 11 is 16.6. The van der Waals surface area contributed by atoms with Crippen LogP contribution in [0.2, 0.25) is 8.67 Å². The predicted octanol–water partition coefficient (Wildman–Crippen LogP) is 3.96. The summed E-state index contributed by atoms with van der Waals surface area (Å²) in [4.78, 5) is 0. The third-order valence-electron chi connectivity index (χ3n) is 2.07. The van der Waals surface area contributed by atoms with Crippen LogP contribution < -0.4 is 11.3 Å². The molecule has 2 rings (SSSR count). The second kappa shape index (κ2) is 5.08. The molecule has 0 bridgehead atoms. The van der Waals surface area contributed by atoms with Crippen LogP contribution in [0.3, 0.4) is 0 Å². The number of rotatable bonds is 3. The molecule has 86 valence electrons. The zero-order chi connectivity index (χ0) is 11.7. The largest absolute Gasteiger partial charge is 0.466 e. The molecule has 3 nitrogen and oxygen atoms in total. The van der Waals surface area contributed by atoms with Gasteiger partial charge in [0.1, 0.15) is 11.8 Å². The maximum atomic E-state index is 6.07. The van der Waals surface area contributed by atoms with Crippen LogP contribution in [0.1, 0.15) is 17.4 Å². The molecule has 0 amide bonds. The first-order valence-electron chi connectivity index (χ1n) is 4.27. The third-order valence-corrected chi connectivity index (χ3v) is 4.24. The number of nitrogens with two attached hydrogens (primary N) is 1. The molecule has 0 aliphatic carbocycles. The molecule has 0 saturated heterocycles. The Bertz CT molecular complexity index is 499. The average Bonchev–Trinajstić information content (AvgIpc) is 2.77. The lowest BCUT2D eigenvalue weighted by molar-refractivity contribution is 0.450. The topological polar surface area (TPSA) is 51.2 Å². The number of thiophene rings is 1. The van der Waals surface area contributed by atoms with E-state index in [9.17, 15) is 0 Å². The monoisotopic (exact) mass is 340 g/mol. The van der Waals surface area contributed by atoms with Crippen molar-refractivity contribution in [2.24, 2.45) is 5.84 Å². The maximum Gasteiger partial charge on any atom is 0.140 e. The van der Waals surface area contributed by atoms with E-state index in [2.05, 4.69) is 21.4 Å².